The molecule has 0 unspecified atom stereocenters. The molecule has 0 saturated carbocycles. The van der Waals surface area contributed by atoms with Crippen molar-refractivity contribution in [1.29, 1.82) is 0 Å². The molecule has 0 atom stereocenters. The molecular weight excluding hydrogens is 501 g/mol. The van der Waals surface area contributed by atoms with Crippen LogP contribution in [0.2, 0.25) is 5.02 Å². The largest absolute Gasteiger partial charge is 0.366 e. The predicted molar refractivity (Wildman–Crippen MR) is 141 cm³/mol. The van der Waals surface area contributed by atoms with Crippen LogP contribution in [0.15, 0.2) is 90.5 Å². The van der Waals surface area contributed by atoms with Crippen LogP contribution in [0.25, 0.3) is 28.1 Å². The summed E-state index contributed by atoms with van der Waals surface area (Å²) in [4.78, 5) is 16.1. The van der Waals surface area contributed by atoms with E-state index in [4.69, 9.17) is 17.3 Å². The van der Waals surface area contributed by atoms with Crippen LogP contribution in [-0.2, 0) is 9.84 Å². The van der Waals surface area contributed by atoms with Crippen molar-refractivity contribution in [2.24, 2.45) is 5.73 Å². The number of amides is 1. The fourth-order valence-electron chi connectivity index (χ4n) is 3.71. The number of sulfone groups is 1. The number of halogens is 2. The molecule has 1 heterocycles. The molecule has 0 fully saturated rings. The first-order valence-corrected chi connectivity index (χ1v) is 12.9. The van der Waals surface area contributed by atoms with Gasteiger partial charge < -0.3 is 11.1 Å². The van der Waals surface area contributed by atoms with Gasteiger partial charge in [0.15, 0.2) is 9.84 Å². The van der Waals surface area contributed by atoms with E-state index in [2.05, 4.69) is 16.9 Å². The van der Waals surface area contributed by atoms with Crippen LogP contribution in [0.5, 0.6) is 0 Å². The van der Waals surface area contributed by atoms with Crippen LogP contribution in [0.1, 0.15) is 15.9 Å². The molecule has 0 bridgehead atoms. The summed E-state index contributed by atoms with van der Waals surface area (Å²) in [5.74, 6) is -1.50. The zero-order chi connectivity index (χ0) is 26.0. The lowest BCUT2D eigenvalue weighted by Crippen LogP contribution is -2.11. The number of aromatic nitrogens is 1. The summed E-state index contributed by atoms with van der Waals surface area (Å²) in [6.07, 6.45) is 2.74. The fourth-order valence-corrected chi connectivity index (χ4v) is 4.57. The second kappa shape index (κ2) is 9.93. The molecule has 0 spiro atoms. The number of hydrogen-bond acceptors (Lipinski definition) is 5. The number of nitrogens with zero attached hydrogens (tertiary/aromatic N) is 1. The Morgan fingerprint density at radius 1 is 1.03 bits per heavy atom. The molecule has 0 radical (unpaired) electrons. The standard InChI is InChI=1S/C27H21ClFN3O3S/c1-16(32-20-6-9-25(28)24(14-20)26-5-3-4-10-31-26)22-8-7-21(36(2,34)35)15-23(22)17-11-18(27(30)33)13-19(29)12-17/h3-15,32H,1H2,2H3,(H2,30,33). The normalized spacial score (nSPS) is 11.2. The highest BCUT2D eigenvalue weighted by atomic mass is 35.5. The maximum Gasteiger partial charge on any atom is 0.248 e. The smallest absolute Gasteiger partial charge is 0.248 e. The Balaban J connectivity index is 1.79. The third-order valence-corrected chi connectivity index (χ3v) is 6.88. The lowest BCUT2D eigenvalue weighted by atomic mass is 9.96. The summed E-state index contributed by atoms with van der Waals surface area (Å²) >= 11 is 6.38. The van der Waals surface area contributed by atoms with E-state index < -0.39 is 21.6 Å². The molecule has 0 saturated heterocycles. The number of anilines is 1. The Labute approximate surface area is 213 Å². The SMILES string of the molecule is C=C(Nc1ccc(Cl)c(-c2ccccn2)c1)c1ccc(S(C)(=O)=O)cc1-c1cc(F)cc(C(N)=O)c1. The lowest BCUT2D eigenvalue weighted by Gasteiger charge is -2.17. The van der Waals surface area contributed by atoms with Crippen LogP contribution >= 0.6 is 11.6 Å². The van der Waals surface area contributed by atoms with Gasteiger partial charge in [0, 0.05) is 40.5 Å². The molecule has 4 aromatic rings. The molecule has 0 aliphatic rings. The van der Waals surface area contributed by atoms with Crippen LogP contribution < -0.4 is 11.1 Å². The van der Waals surface area contributed by atoms with E-state index in [-0.39, 0.29) is 16.0 Å². The second-order valence-corrected chi connectivity index (χ2v) is 10.5. The fraction of sp³-hybridized carbons (Fsp3) is 0.0370. The number of carbonyl (C=O) groups excluding carboxylic acids is 1. The quantitative estimate of drug-likeness (QED) is 0.320. The van der Waals surface area contributed by atoms with Crippen LogP contribution in [0.4, 0.5) is 10.1 Å². The van der Waals surface area contributed by atoms with Gasteiger partial charge in [-0.2, -0.15) is 0 Å². The molecule has 1 amide bonds. The third kappa shape index (κ3) is 5.45. The number of rotatable bonds is 7. The molecule has 9 heteroatoms. The average Bonchev–Trinajstić information content (AvgIpc) is 2.84. The molecule has 1 aromatic heterocycles. The monoisotopic (exact) mass is 521 g/mol. The highest BCUT2D eigenvalue weighted by Gasteiger charge is 2.17. The molecule has 182 valence electrons. The maximum atomic E-state index is 14.3. The van der Waals surface area contributed by atoms with Gasteiger partial charge in [-0.25, -0.2) is 12.8 Å². The zero-order valence-corrected chi connectivity index (χ0v) is 20.7. The van der Waals surface area contributed by atoms with E-state index in [0.29, 0.717) is 38.8 Å². The zero-order valence-electron chi connectivity index (χ0n) is 19.1. The summed E-state index contributed by atoms with van der Waals surface area (Å²) in [7, 11) is -3.57. The van der Waals surface area contributed by atoms with E-state index in [0.717, 1.165) is 12.3 Å². The highest BCUT2D eigenvalue weighted by molar-refractivity contribution is 7.90. The van der Waals surface area contributed by atoms with Gasteiger partial charge in [-0.15, -0.1) is 0 Å². The molecule has 0 aliphatic heterocycles. The van der Waals surface area contributed by atoms with Crippen molar-refractivity contribution in [2.45, 2.75) is 4.90 Å². The van der Waals surface area contributed by atoms with Crippen LogP contribution in [-0.4, -0.2) is 25.6 Å². The summed E-state index contributed by atoms with van der Waals surface area (Å²) in [5.41, 5.74) is 8.90. The number of pyridine rings is 1. The number of benzene rings is 3. The first-order valence-electron chi connectivity index (χ1n) is 10.6. The second-order valence-electron chi connectivity index (χ2n) is 8.09. The highest BCUT2D eigenvalue weighted by Crippen LogP contribution is 2.34. The number of primary amides is 1. The topological polar surface area (TPSA) is 102 Å². The maximum absolute atomic E-state index is 14.3. The molecule has 3 N–H and O–H groups in total. The van der Waals surface area contributed by atoms with Crippen molar-refractivity contribution in [2.75, 3.05) is 11.6 Å². The van der Waals surface area contributed by atoms with Gasteiger partial charge in [0.05, 0.1) is 15.6 Å². The Morgan fingerprint density at radius 3 is 2.47 bits per heavy atom. The van der Waals surface area contributed by atoms with Gasteiger partial charge in [-0.3, -0.25) is 9.78 Å². The summed E-state index contributed by atoms with van der Waals surface area (Å²) < 4.78 is 38.8. The molecule has 36 heavy (non-hydrogen) atoms. The number of nitrogens with one attached hydrogen (secondary N) is 1. The minimum atomic E-state index is -3.57. The van der Waals surface area contributed by atoms with Crippen molar-refractivity contribution in [3.8, 4) is 22.4 Å². The lowest BCUT2D eigenvalue weighted by molar-refractivity contribution is 0.1000. The van der Waals surface area contributed by atoms with Gasteiger partial charge in [0.25, 0.3) is 0 Å². The van der Waals surface area contributed by atoms with E-state index in [1.807, 2.05) is 18.2 Å². The van der Waals surface area contributed by atoms with E-state index in [9.17, 15) is 17.6 Å². The number of nitrogens with two attached hydrogens (primary N) is 1. The first kappa shape index (κ1) is 25.1. The van der Waals surface area contributed by atoms with Crippen LogP contribution in [0, 0.1) is 5.82 Å². The van der Waals surface area contributed by atoms with Gasteiger partial charge in [-0.1, -0.05) is 30.3 Å². The predicted octanol–water partition coefficient (Wildman–Crippen LogP) is 5.79. The third-order valence-electron chi connectivity index (χ3n) is 5.44. The van der Waals surface area contributed by atoms with Crippen molar-refractivity contribution in [1.82, 2.24) is 4.98 Å². The molecule has 4 rings (SSSR count). The van der Waals surface area contributed by atoms with Crippen molar-refractivity contribution in [3.05, 3.63) is 108 Å². The Hall–Kier alpha value is -4.01. The van der Waals surface area contributed by atoms with Gasteiger partial charge in [-0.05, 0) is 71.8 Å². The molecular formula is C27H21ClFN3O3S. The van der Waals surface area contributed by atoms with Crippen molar-refractivity contribution < 1.29 is 17.6 Å². The molecule has 3 aromatic carbocycles. The first-order chi connectivity index (χ1) is 17.0. The minimum Gasteiger partial charge on any atom is -0.366 e. The Bertz CT molecular complexity index is 1610. The van der Waals surface area contributed by atoms with Crippen molar-refractivity contribution >= 4 is 38.7 Å². The molecule has 0 aliphatic carbocycles. The van der Waals surface area contributed by atoms with Crippen LogP contribution in [0.3, 0.4) is 0 Å². The summed E-state index contributed by atoms with van der Waals surface area (Å²) in [6.45, 7) is 4.11. The minimum absolute atomic E-state index is 0.0304. The van der Waals surface area contributed by atoms with E-state index in [1.54, 1.807) is 30.5 Å². The summed E-state index contributed by atoms with van der Waals surface area (Å²) in [5, 5.41) is 3.72. The average molecular weight is 522 g/mol. The van der Waals surface area contributed by atoms with Gasteiger partial charge >= 0.3 is 0 Å². The van der Waals surface area contributed by atoms with Gasteiger partial charge in [0.2, 0.25) is 5.91 Å². The van der Waals surface area contributed by atoms with Crippen molar-refractivity contribution in [3.63, 3.8) is 0 Å². The molecule has 6 nitrogen and oxygen atoms in total. The Morgan fingerprint density at radius 2 is 1.81 bits per heavy atom. The number of hydrogen-bond donors (Lipinski definition) is 2. The van der Waals surface area contributed by atoms with Gasteiger partial charge in [0.1, 0.15) is 5.82 Å². The van der Waals surface area contributed by atoms with E-state index >= 15 is 0 Å². The van der Waals surface area contributed by atoms with E-state index in [1.165, 1.54) is 24.3 Å². The summed E-state index contributed by atoms with van der Waals surface area (Å²) in [6, 6.07) is 18.9. The number of carbonyl (C=O) groups is 1. The Kier molecular flexibility index (Phi) is 6.92.